The summed E-state index contributed by atoms with van der Waals surface area (Å²) in [5.74, 6) is -0.444. The highest BCUT2D eigenvalue weighted by molar-refractivity contribution is 6.02. The maximum Gasteiger partial charge on any atom is 0.586 e. The third-order valence-electron chi connectivity index (χ3n) is 7.41. The summed E-state index contributed by atoms with van der Waals surface area (Å²) in [6.45, 7) is 5.31. The number of aliphatic hydroxyl groups excluding tert-OH is 4. The van der Waals surface area contributed by atoms with Crippen molar-refractivity contribution in [1.29, 1.82) is 0 Å². The number of halogens is 2. The fourth-order valence-electron chi connectivity index (χ4n) is 5.10. The number of anilines is 1. The van der Waals surface area contributed by atoms with E-state index in [4.69, 9.17) is 5.11 Å². The SMILES string of the molecule is CC(C)(C)c1cc2cc(NC(=O)C3(c4ccc5c(c4)OC(F)(F)O5)CC3)ccc2n1C[C@@H](O)[C@@H](O)[C@H](O)CO.[HH].[HH].[HH].[HH].[HH]. The largest absolute Gasteiger partial charge is 0.586 e. The van der Waals surface area contributed by atoms with Crippen LogP contribution in [0.5, 0.6) is 11.5 Å². The number of rotatable bonds is 8. The van der Waals surface area contributed by atoms with E-state index in [9.17, 15) is 28.9 Å². The highest BCUT2D eigenvalue weighted by Gasteiger charge is 2.52. The number of ether oxygens (including phenoxy) is 2. The monoisotopic (exact) mass is 556 g/mol. The molecule has 0 spiro atoms. The average molecular weight is 557 g/mol. The minimum absolute atomic E-state index is 0. The van der Waals surface area contributed by atoms with Crippen molar-refractivity contribution < 1.29 is 50.6 Å². The number of benzene rings is 2. The van der Waals surface area contributed by atoms with Crippen LogP contribution in [0.4, 0.5) is 14.5 Å². The highest BCUT2D eigenvalue weighted by atomic mass is 19.3. The Morgan fingerprint density at radius 1 is 1.05 bits per heavy atom. The number of amides is 1. The number of carbonyl (C=O) groups excluding carboxylic acids is 1. The fraction of sp³-hybridized carbons (Fsp3) is 0.464. The van der Waals surface area contributed by atoms with Crippen LogP contribution in [0.2, 0.25) is 0 Å². The van der Waals surface area contributed by atoms with E-state index in [0.29, 0.717) is 24.1 Å². The standard InChI is InChI=1S/C28H32F2N2O7.5H2/c1-26(2,3)23-11-15-10-17(5-6-18(15)32(23)13-19(34)24(36)20(35)14-33)31-25(37)27(8-9-27)16-4-7-21-22(12-16)39-28(29,30)38-21;;;;;/h4-7,10-12,19-20,24,33-36H,8-9,13-14H2,1-3H3,(H,31,37);5*1H/t19-,20-,24-;;;;;/m1...../s1. The van der Waals surface area contributed by atoms with Gasteiger partial charge in [-0.1, -0.05) is 26.8 Å². The number of carbonyl (C=O) groups is 1. The van der Waals surface area contributed by atoms with Gasteiger partial charge in [0, 0.05) is 34.8 Å². The van der Waals surface area contributed by atoms with Crippen LogP contribution in [0, 0.1) is 0 Å². The molecule has 0 unspecified atom stereocenters. The predicted octanol–water partition coefficient (Wildman–Crippen LogP) is 4.24. The zero-order chi connectivity index (χ0) is 28.3. The number of aliphatic hydroxyl groups is 4. The third kappa shape index (κ3) is 5.07. The van der Waals surface area contributed by atoms with Crippen LogP contribution in [0.25, 0.3) is 10.9 Å². The Hall–Kier alpha value is -3.25. The summed E-state index contributed by atoms with van der Waals surface area (Å²) in [6, 6.07) is 11.7. The van der Waals surface area contributed by atoms with E-state index in [1.165, 1.54) is 12.1 Å². The number of aromatic nitrogens is 1. The first-order valence-electron chi connectivity index (χ1n) is 12.7. The fourth-order valence-corrected chi connectivity index (χ4v) is 5.10. The molecule has 11 heteroatoms. The van der Waals surface area contributed by atoms with Crippen molar-refractivity contribution in [3.8, 4) is 11.5 Å². The molecule has 1 aliphatic heterocycles. The molecule has 5 N–H and O–H groups in total. The summed E-state index contributed by atoms with van der Waals surface area (Å²) in [5, 5.41) is 43.3. The van der Waals surface area contributed by atoms with Gasteiger partial charge >= 0.3 is 6.29 Å². The number of nitrogens with zero attached hydrogens (tertiary/aromatic N) is 1. The molecule has 1 aromatic heterocycles. The van der Waals surface area contributed by atoms with E-state index in [1.807, 2.05) is 31.4 Å². The Morgan fingerprint density at radius 2 is 1.74 bits per heavy atom. The summed E-state index contributed by atoms with van der Waals surface area (Å²) in [4.78, 5) is 13.4. The molecule has 2 aliphatic rings. The van der Waals surface area contributed by atoms with Crippen LogP contribution in [-0.4, -0.2) is 62.1 Å². The molecule has 0 radical (unpaired) electrons. The average Bonchev–Trinajstić information content (AvgIpc) is 3.51. The smallest absolute Gasteiger partial charge is 0.395 e. The third-order valence-corrected chi connectivity index (χ3v) is 7.41. The highest BCUT2D eigenvalue weighted by Crippen LogP contribution is 2.52. The van der Waals surface area contributed by atoms with Gasteiger partial charge in [0.1, 0.15) is 18.3 Å². The van der Waals surface area contributed by atoms with Crippen molar-refractivity contribution in [2.24, 2.45) is 0 Å². The zero-order valence-corrected chi connectivity index (χ0v) is 21.8. The molecule has 1 fully saturated rings. The van der Waals surface area contributed by atoms with Gasteiger partial charge in [-0.25, -0.2) is 0 Å². The van der Waals surface area contributed by atoms with Crippen LogP contribution >= 0.6 is 0 Å². The van der Waals surface area contributed by atoms with E-state index in [1.54, 1.807) is 24.3 Å². The molecule has 3 aromatic rings. The summed E-state index contributed by atoms with van der Waals surface area (Å²) in [5.41, 5.74) is 1.53. The minimum Gasteiger partial charge on any atom is -0.395 e. The topological polar surface area (TPSA) is 133 Å². The first-order valence-corrected chi connectivity index (χ1v) is 12.7. The first kappa shape index (κ1) is 27.3. The lowest BCUT2D eigenvalue weighted by molar-refractivity contribution is -0.286. The minimum atomic E-state index is -3.73. The number of alkyl halides is 2. The van der Waals surface area contributed by atoms with Crippen molar-refractivity contribution in [2.75, 3.05) is 11.9 Å². The van der Waals surface area contributed by atoms with Crippen LogP contribution in [-0.2, 0) is 22.2 Å². The molecule has 9 nitrogen and oxygen atoms in total. The molecule has 0 bridgehead atoms. The first-order chi connectivity index (χ1) is 18.2. The van der Waals surface area contributed by atoms with Gasteiger partial charge < -0.3 is 39.8 Å². The second-order valence-electron chi connectivity index (χ2n) is 11.3. The summed E-state index contributed by atoms with van der Waals surface area (Å²) in [6.07, 6.45) is -6.96. The number of nitrogens with one attached hydrogen (secondary N) is 1. The quantitative estimate of drug-likeness (QED) is 0.280. The molecule has 1 aliphatic carbocycles. The predicted molar refractivity (Wildman–Crippen MR) is 149 cm³/mol. The van der Waals surface area contributed by atoms with Gasteiger partial charge in [0.05, 0.1) is 18.6 Å². The summed E-state index contributed by atoms with van der Waals surface area (Å²) < 4.78 is 37.8. The Kier molecular flexibility index (Phi) is 6.61. The van der Waals surface area contributed by atoms with Gasteiger partial charge in [-0.05, 0) is 54.8 Å². The second kappa shape index (κ2) is 9.44. The van der Waals surface area contributed by atoms with Gasteiger partial charge in [-0.15, -0.1) is 8.78 Å². The molecular weight excluding hydrogens is 514 g/mol. The number of hydrogen-bond donors (Lipinski definition) is 5. The molecule has 3 atom stereocenters. The molecule has 0 saturated heterocycles. The maximum absolute atomic E-state index is 13.4. The zero-order valence-electron chi connectivity index (χ0n) is 21.8. The lowest BCUT2D eigenvalue weighted by Gasteiger charge is -2.27. The molecular formula is C28H42F2N2O7. The lowest BCUT2D eigenvalue weighted by atomic mass is 9.92. The Labute approximate surface area is 231 Å². The van der Waals surface area contributed by atoms with E-state index < -0.39 is 36.6 Å². The van der Waals surface area contributed by atoms with Crippen molar-refractivity contribution >= 4 is 22.5 Å². The molecule has 220 valence electrons. The molecule has 39 heavy (non-hydrogen) atoms. The Balaban J connectivity index is 0.00000370. The van der Waals surface area contributed by atoms with Crippen molar-refractivity contribution in [1.82, 2.24) is 4.57 Å². The summed E-state index contributed by atoms with van der Waals surface area (Å²) in [7, 11) is 0. The van der Waals surface area contributed by atoms with Gasteiger partial charge in [-0.3, -0.25) is 4.79 Å². The molecule has 1 amide bonds. The molecule has 5 rings (SSSR count). The maximum atomic E-state index is 13.4. The Morgan fingerprint density at radius 3 is 2.38 bits per heavy atom. The summed E-state index contributed by atoms with van der Waals surface area (Å²) >= 11 is 0. The van der Waals surface area contributed by atoms with Crippen LogP contribution in [0.1, 0.15) is 52.0 Å². The van der Waals surface area contributed by atoms with Gasteiger partial charge in [0.2, 0.25) is 5.91 Å². The number of hydrogen-bond acceptors (Lipinski definition) is 7. The van der Waals surface area contributed by atoms with Crippen LogP contribution in [0.3, 0.4) is 0 Å². The lowest BCUT2D eigenvalue weighted by Crippen LogP contribution is -2.42. The van der Waals surface area contributed by atoms with E-state index in [0.717, 1.165) is 16.6 Å². The van der Waals surface area contributed by atoms with Crippen molar-refractivity contribution in [3.05, 3.63) is 53.7 Å². The van der Waals surface area contributed by atoms with Crippen LogP contribution in [0.15, 0.2) is 42.5 Å². The second-order valence-corrected chi connectivity index (χ2v) is 11.3. The molecule has 2 heterocycles. The van der Waals surface area contributed by atoms with E-state index in [-0.39, 0.29) is 36.5 Å². The van der Waals surface area contributed by atoms with Crippen molar-refractivity contribution in [3.63, 3.8) is 0 Å². The molecule has 1 saturated carbocycles. The van der Waals surface area contributed by atoms with Crippen molar-refractivity contribution in [2.45, 2.75) is 75.6 Å². The number of fused-ring (bicyclic) bond motifs is 2. The van der Waals surface area contributed by atoms with Gasteiger partial charge in [0.25, 0.3) is 0 Å². The van der Waals surface area contributed by atoms with E-state index in [2.05, 4.69) is 14.8 Å². The van der Waals surface area contributed by atoms with Gasteiger partial charge in [-0.2, -0.15) is 0 Å². The van der Waals surface area contributed by atoms with Gasteiger partial charge in [0.15, 0.2) is 11.5 Å². The normalized spacial score (nSPS) is 19.5. The Bertz CT molecular complexity index is 1430. The van der Waals surface area contributed by atoms with Crippen LogP contribution < -0.4 is 14.8 Å². The molecule has 2 aromatic carbocycles. The van der Waals surface area contributed by atoms with E-state index >= 15 is 0 Å².